The van der Waals surface area contributed by atoms with Gasteiger partial charge in [0.15, 0.2) is 0 Å². The van der Waals surface area contributed by atoms with Gasteiger partial charge in [0.25, 0.3) is 0 Å². The van der Waals surface area contributed by atoms with E-state index in [1.165, 1.54) is 6.07 Å². The van der Waals surface area contributed by atoms with Gasteiger partial charge in [-0.1, -0.05) is 6.08 Å². The van der Waals surface area contributed by atoms with Crippen LogP contribution < -0.4 is 5.32 Å². The fourth-order valence-corrected chi connectivity index (χ4v) is 1.61. The van der Waals surface area contributed by atoms with Crippen LogP contribution in [0.3, 0.4) is 0 Å². The van der Waals surface area contributed by atoms with E-state index in [4.69, 9.17) is 0 Å². The smallest absolute Gasteiger partial charge is 0.378 e. The molecule has 1 aromatic carbocycles. The second kappa shape index (κ2) is 4.91. The van der Waals surface area contributed by atoms with Crippen molar-refractivity contribution in [3.05, 3.63) is 40.9 Å². The van der Waals surface area contributed by atoms with Gasteiger partial charge < -0.3 is 5.32 Å². The van der Waals surface area contributed by atoms with Gasteiger partial charge in [0, 0.05) is 16.2 Å². The fourth-order valence-electron chi connectivity index (χ4n) is 1.11. The van der Waals surface area contributed by atoms with Crippen LogP contribution in [0.1, 0.15) is 12.5 Å². The van der Waals surface area contributed by atoms with Crippen LogP contribution in [-0.4, -0.2) is 6.04 Å². The summed E-state index contributed by atoms with van der Waals surface area (Å²) in [6.45, 7) is 5.44. The van der Waals surface area contributed by atoms with E-state index in [1.807, 2.05) is 6.92 Å². The van der Waals surface area contributed by atoms with Gasteiger partial charge >= 0.3 is 6.18 Å². The van der Waals surface area contributed by atoms with Crippen LogP contribution in [0.25, 0.3) is 0 Å². The van der Waals surface area contributed by atoms with Gasteiger partial charge in [-0.25, -0.2) is 0 Å². The maximum absolute atomic E-state index is 12.4. The van der Waals surface area contributed by atoms with E-state index >= 15 is 0 Å². The van der Waals surface area contributed by atoms with Crippen LogP contribution in [0.15, 0.2) is 35.3 Å². The van der Waals surface area contributed by atoms with Gasteiger partial charge in [-0.2, -0.15) is 13.2 Å². The number of rotatable bonds is 3. The third kappa shape index (κ3) is 3.27. The van der Waals surface area contributed by atoms with Crippen molar-refractivity contribution >= 4 is 21.6 Å². The number of nitrogens with one attached hydrogen (secondary N) is 1. The molecule has 0 radical (unpaired) electrons. The Bertz CT molecular complexity index is 387. The van der Waals surface area contributed by atoms with E-state index in [9.17, 15) is 13.2 Å². The molecule has 1 N–H and O–H groups in total. The average molecular weight is 294 g/mol. The van der Waals surface area contributed by atoms with Crippen molar-refractivity contribution in [3.63, 3.8) is 0 Å². The summed E-state index contributed by atoms with van der Waals surface area (Å²) in [5, 5.41) is 3.01. The summed E-state index contributed by atoms with van der Waals surface area (Å²) in [6.07, 6.45) is -2.64. The zero-order chi connectivity index (χ0) is 12.3. The number of hydrogen-bond donors (Lipinski definition) is 1. The van der Waals surface area contributed by atoms with Crippen LogP contribution in [0.4, 0.5) is 18.9 Å². The summed E-state index contributed by atoms with van der Waals surface area (Å²) in [6, 6.07) is 3.49. The number of alkyl halides is 3. The summed E-state index contributed by atoms with van der Waals surface area (Å²) in [5.41, 5.74) is -0.0587. The van der Waals surface area contributed by atoms with Gasteiger partial charge in [0.2, 0.25) is 0 Å². The normalized spacial score (nSPS) is 13.3. The first-order chi connectivity index (χ1) is 7.34. The van der Waals surface area contributed by atoms with E-state index in [0.717, 1.165) is 12.1 Å². The Morgan fingerprint density at radius 3 is 2.50 bits per heavy atom. The van der Waals surface area contributed by atoms with E-state index in [-0.39, 0.29) is 6.04 Å². The van der Waals surface area contributed by atoms with Crippen molar-refractivity contribution < 1.29 is 13.2 Å². The second-order valence-corrected chi connectivity index (χ2v) is 4.22. The lowest BCUT2D eigenvalue weighted by Crippen LogP contribution is -2.12. The average Bonchev–Trinajstić information content (AvgIpc) is 2.19. The first kappa shape index (κ1) is 13.1. The Hall–Kier alpha value is -0.970. The van der Waals surface area contributed by atoms with Crippen LogP contribution in [-0.2, 0) is 6.18 Å². The third-order valence-electron chi connectivity index (χ3n) is 2.03. The minimum atomic E-state index is -4.31. The predicted octanol–water partition coefficient (Wildman–Crippen LogP) is 4.45. The molecule has 0 bridgehead atoms. The Balaban J connectivity index is 2.96. The topological polar surface area (TPSA) is 12.0 Å². The molecule has 0 fully saturated rings. The maximum Gasteiger partial charge on any atom is 0.416 e. The summed E-state index contributed by atoms with van der Waals surface area (Å²) < 4.78 is 37.5. The molecule has 0 saturated heterocycles. The molecule has 5 heteroatoms. The first-order valence-electron chi connectivity index (χ1n) is 4.60. The quantitative estimate of drug-likeness (QED) is 0.812. The van der Waals surface area contributed by atoms with Crippen molar-refractivity contribution in [1.29, 1.82) is 0 Å². The Labute approximate surface area is 100 Å². The lowest BCUT2D eigenvalue weighted by Gasteiger charge is -2.14. The van der Waals surface area contributed by atoms with E-state index in [1.54, 1.807) is 6.08 Å². The summed E-state index contributed by atoms with van der Waals surface area (Å²) >= 11 is 3.10. The number of anilines is 1. The molecule has 0 amide bonds. The Morgan fingerprint density at radius 2 is 2.06 bits per heavy atom. The molecular formula is C11H11BrF3N. The van der Waals surface area contributed by atoms with Crippen LogP contribution >= 0.6 is 15.9 Å². The summed E-state index contributed by atoms with van der Waals surface area (Å²) in [5.74, 6) is 0. The molecule has 1 atom stereocenters. The lowest BCUT2D eigenvalue weighted by atomic mass is 10.2. The maximum atomic E-state index is 12.4. The molecule has 16 heavy (non-hydrogen) atoms. The van der Waals surface area contributed by atoms with Gasteiger partial charge in [0.05, 0.1) is 5.56 Å². The molecule has 1 nitrogen and oxygen atoms in total. The number of hydrogen-bond acceptors (Lipinski definition) is 1. The van der Waals surface area contributed by atoms with Gasteiger partial charge in [-0.3, -0.25) is 0 Å². The first-order valence-corrected chi connectivity index (χ1v) is 5.39. The van der Waals surface area contributed by atoms with E-state index in [2.05, 4.69) is 27.8 Å². The van der Waals surface area contributed by atoms with Crippen molar-refractivity contribution in [2.45, 2.75) is 19.1 Å². The second-order valence-electron chi connectivity index (χ2n) is 3.36. The molecule has 1 unspecified atom stereocenters. The van der Waals surface area contributed by atoms with Crippen molar-refractivity contribution in [2.24, 2.45) is 0 Å². The minimum Gasteiger partial charge on any atom is -0.378 e. The van der Waals surface area contributed by atoms with Crippen molar-refractivity contribution in [2.75, 3.05) is 5.32 Å². The summed E-state index contributed by atoms with van der Waals surface area (Å²) in [4.78, 5) is 0. The molecule has 88 valence electrons. The van der Waals surface area contributed by atoms with Crippen LogP contribution in [0, 0.1) is 0 Å². The zero-order valence-corrected chi connectivity index (χ0v) is 10.2. The highest BCUT2D eigenvalue weighted by atomic mass is 79.9. The molecule has 0 spiro atoms. The fraction of sp³-hybridized carbons (Fsp3) is 0.273. The molecule has 0 heterocycles. The van der Waals surface area contributed by atoms with Crippen LogP contribution in [0.2, 0.25) is 0 Å². The van der Waals surface area contributed by atoms with Gasteiger partial charge in [0.1, 0.15) is 0 Å². The van der Waals surface area contributed by atoms with Gasteiger partial charge in [-0.05, 0) is 41.1 Å². The highest BCUT2D eigenvalue weighted by Gasteiger charge is 2.30. The third-order valence-corrected chi connectivity index (χ3v) is 2.69. The van der Waals surface area contributed by atoms with Crippen LogP contribution in [0.5, 0.6) is 0 Å². The highest BCUT2D eigenvalue weighted by Crippen LogP contribution is 2.34. The predicted molar refractivity (Wildman–Crippen MR) is 62.4 cm³/mol. The van der Waals surface area contributed by atoms with Crippen molar-refractivity contribution in [3.8, 4) is 0 Å². The molecule has 1 rings (SSSR count). The molecule has 0 aliphatic rings. The zero-order valence-electron chi connectivity index (χ0n) is 8.61. The largest absolute Gasteiger partial charge is 0.416 e. The Morgan fingerprint density at radius 1 is 1.44 bits per heavy atom. The van der Waals surface area contributed by atoms with Crippen molar-refractivity contribution in [1.82, 2.24) is 0 Å². The number of halogens is 4. The van der Waals surface area contributed by atoms with E-state index in [0.29, 0.717) is 10.2 Å². The number of benzene rings is 1. The summed E-state index contributed by atoms with van der Waals surface area (Å²) in [7, 11) is 0. The molecule has 0 aliphatic carbocycles. The standard InChI is InChI=1S/C11H11BrF3N/c1-3-7(2)16-10-5-4-8(6-9(10)12)11(13,14)15/h3-7,16H,1H2,2H3. The molecule has 0 aliphatic heterocycles. The monoisotopic (exact) mass is 293 g/mol. The van der Waals surface area contributed by atoms with Gasteiger partial charge in [-0.15, -0.1) is 6.58 Å². The SMILES string of the molecule is C=CC(C)Nc1ccc(C(F)(F)F)cc1Br. The Kier molecular flexibility index (Phi) is 4.02. The molecule has 0 saturated carbocycles. The molecular weight excluding hydrogens is 283 g/mol. The molecule has 1 aromatic rings. The lowest BCUT2D eigenvalue weighted by molar-refractivity contribution is -0.137. The highest BCUT2D eigenvalue weighted by molar-refractivity contribution is 9.10. The molecule has 0 aromatic heterocycles. The van der Waals surface area contributed by atoms with E-state index < -0.39 is 11.7 Å². The minimum absolute atomic E-state index is 0.00645.